The molecule has 0 fully saturated rings. The van der Waals surface area contributed by atoms with Crippen LogP contribution in [0, 0.1) is 0 Å². The molecule has 0 bridgehead atoms. The van der Waals surface area contributed by atoms with Crippen molar-refractivity contribution in [1.82, 2.24) is 20.8 Å². The number of carbonyl (C=O) groups is 3. The second-order valence-corrected chi connectivity index (χ2v) is 3.60. The monoisotopic (exact) mass is 270 g/mol. The fraction of sp³-hybridized carbons (Fsp3) is 0.400. The van der Waals surface area contributed by atoms with E-state index >= 15 is 0 Å². The van der Waals surface area contributed by atoms with Crippen molar-refractivity contribution in [1.29, 1.82) is 0 Å². The van der Waals surface area contributed by atoms with Crippen LogP contribution in [0.3, 0.4) is 0 Å². The second-order valence-electron chi connectivity index (χ2n) is 3.60. The molecule has 1 aromatic rings. The first-order valence-corrected chi connectivity index (χ1v) is 5.34. The lowest BCUT2D eigenvalue weighted by atomic mass is 10.2. The standard InChI is InChI=1S/C10H14N4O5/c1-19-8(15)2-7(9(16)17)14-10(18)11-3-6-4-12-13-5-6/h4-5,7H,2-3H2,1H3,(H,12,13)(H,16,17)(H2,11,14,18)/t7-/m0/s1. The molecule has 0 saturated heterocycles. The minimum absolute atomic E-state index is 0.187. The third kappa shape index (κ3) is 5.06. The smallest absolute Gasteiger partial charge is 0.326 e. The van der Waals surface area contributed by atoms with Crippen molar-refractivity contribution in [3.63, 3.8) is 0 Å². The highest BCUT2D eigenvalue weighted by molar-refractivity contribution is 5.86. The largest absolute Gasteiger partial charge is 0.480 e. The molecule has 1 heterocycles. The fourth-order valence-electron chi connectivity index (χ4n) is 1.22. The number of carboxylic acids is 1. The highest BCUT2D eigenvalue weighted by Crippen LogP contribution is 1.96. The predicted octanol–water partition coefficient (Wildman–Crippen LogP) is -0.775. The van der Waals surface area contributed by atoms with Gasteiger partial charge in [0.2, 0.25) is 0 Å². The summed E-state index contributed by atoms with van der Waals surface area (Å²) in [5.41, 5.74) is 0.731. The SMILES string of the molecule is COC(=O)C[C@H](NC(=O)NCc1cn[nH]c1)C(=O)O. The molecule has 0 spiro atoms. The van der Waals surface area contributed by atoms with Crippen molar-refractivity contribution in [3.05, 3.63) is 18.0 Å². The third-order valence-electron chi connectivity index (χ3n) is 2.21. The normalized spacial score (nSPS) is 11.4. The Labute approximate surface area is 108 Å². The van der Waals surface area contributed by atoms with E-state index in [2.05, 4.69) is 25.6 Å². The van der Waals surface area contributed by atoms with E-state index in [1.54, 1.807) is 6.20 Å². The van der Waals surface area contributed by atoms with Crippen LogP contribution in [-0.2, 0) is 20.9 Å². The average molecular weight is 270 g/mol. The van der Waals surface area contributed by atoms with E-state index in [-0.39, 0.29) is 6.54 Å². The van der Waals surface area contributed by atoms with E-state index in [1.807, 2.05) is 0 Å². The Morgan fingerprint density at radius 3 is 2.79 bits per heavy atom. The number of H-pyrrole nitrogens is 1. The first-order valence-electron chi connectivity index (χ1n) is 5.34. The van der Waals surface area contributed by atoms with E-state index in [0.717, 1.165) is 12.7 Å². The molecule has 0 aliphatic rings. The van der Waals surface area contributed by atoms with E-state index in [4.69, 9.17) is 5.11 Å². The number of ether oxygens (including phenoxy) is 1. The van der Waals surface area contributed by atoms with Gasteiger partial charge in [-0.1, -0.05) is 0 Å². The Balaban J connectivity index is 2.42. The van der Waals surface area contributed by atoms with E-state index in [0.29, 0.717) is 0 Å². The molecular formula is C10H14N4O5. The molecule has 0 aliphatic heterocycles. The molecule has 9 heteroatoms. The van der Waals surface area contributed by atoms with Crippen LogP contribution in [0.4, 0.5) is 4.79 Å². The summed E-state index contributed by atoms with van der Waals surface area (Å²) in [6, 6.07) is -2.03. The summed E-state index contributed by atoms with van der Waals surface area (Å²) in [7, 11) is 1.14. The molecule has 0 unspecified atom stereocenters. The molecule has 0 radical (unpaired) electrons. The van der Waals surface area contributed by atoms with Gasteiger partial charge >= 0.3 is 18.0 Å². The van der Waals surface area contributed by atoms with Crippen molar-refractivity contribution < 1.29 is 24.2 Å². The van der Waals surface area contributed by atoms with Gasteiger partial charge in [0, 0.05) is 18.3 Å². The Kier molecular flexibility index (Phi) is 5.33. The summed E-state index contributed by atoms with van der Waals surface area (Å²) in [4.78, 5) is 33.3. The van der Waals surface area contributed by atoms with Gasteiger partial charge in [-0.3, -0.25) is 9.89 Å². The Bertz CT molecular complexity index is 445. The summed E-state index contributed by atoms with van der Waals surface area (Å²) < 4.78 is 4.34. The summed E-state index contributed by atoms with van der Waals surface area (Å²) in [6.45, 7) is 0.187. The maximum Gasteiger partial charge on any atom is 0.326 e. The molecule has 0 aromatic carbocycles. The fourth-order valence-corrected chi connectivity index (χ4v) is 1.22. The molecular weight excluding hydrogens is 256 g/mol. The number of rotatable bonds is 6. The van der Waals surface area contributed by atoms with Crippen molar-refractivity contribution >= 4 is 18.0 Å². The number of esters is 1. The molecule has 1 atom stereocenters. The van der Waals surface area contributed by atoms with Gasteiger partial charge in [-0.2, -0.15) is 5.10 Å². The molecule has 0 aliphatic carbocycles. The first kappa shape index (κ1) is 14.5. The van der Waals surface area contributed by atoms with Gasteiger partial charge in [0.15, 0.2) is 0 Å². The van der Waals surface area contributed by atoms with Crippen LogP contribution in [-0.4, -0.2) is 46.4 Å². The van der Waals surface area contributed by atoms with Gasteiger partial charge in [-0.25, -0.2) is 9.59 Å². The molecule has 4 N–H and O–H groups in total. The van der Waals surface area contributed by atoms with Crippen LogP contribution in [0.15, 0.2) is 12.4 Å². The number of carboxylic acid groups (broad SMARTS) is 1. The van der Waals surface area contributed by atoms with Crippen LogP contribution in [0.2, 0.25) is 0 Å². The first-order chi connectivity index (χ1) is 9.02. The number of hydrogen-bond acceptors (Lipinski definition) is 5. The zero-order chi connectivity index (χ0) is 14.3. The number of aliphatic carboxylic acids is 1. The predicted molar refractivity (Wildman–Crippen MR) is 62.0 cm³/mol. The van der Waals surface area contributed by atoms with Gasteiger partial charge in [-0.15, -0.1) is 0 Å². The molecule has 1 rings (SSSR count). The quantitative estimate of drug-likeness (QED) is 0.501. The number of nitrogens with one attached hydrogen (secondary N) is 3. The summed E-state index contributed by atoms with van der Waals surface area (Å²) in [5.74, 6) is -2.04. The number of amides is 2. The zero-order valence-corrected chi connectivity index (χ0v) is 10.2. The van der Waals surface area contributed by atoms with Gasteiger partial charge in [0.1, 0.15) is 6.04 Å². The van der Waals surface area contributed by atoms with Gasteiger partial charge < -0.3 is 20.5 Å². The Morgan fingerprint density at radius 1 is 1.53 bits per heavy atom. The number of urea groups is 1. The van der Waals surface area contributed by atoms with Crippen LogP contribution < -0.4 is 10.6 Å². The summed E-state index contributed by atoms with van der Waals surface area (Å²) in [5, 5.41) is 19.7. The lowest BCUT2D eigenvalue weighted by Crippen LogP contribution is -2.46. The summed E-state index contributed by atoms with van der Waals surface area (Å²) in [6.07, 6.45) is 2.66. The third-order valence-corrected chi connectivity index (χ3v) is 2.21. The van der Waals surface area contributed by atoms with Crippen LogP contribution >= 0.6 is 0 Å². The van der Waals surface area contributed by atoms with Crippen LogP contribution in [0.25, 0.3) is 0 Å². The molecule has 9 nitrogen and oxygen atoms in total. The maximum absolute atomic E-state index is 11.5. The molecule has 1 aromatic heterocycles. The van der Waals surface area contributed by atoms with Gasteiger partial charge in [0.05, 0.1) is 19.7 Å². The number of nitrogens with zero attached hydrogens (tertiary/aromatic N) is 1. The van der Waals surface area contributed by atoms with Crippen LogP contribution in [0.1, 0.15) is 12.0 Å². The highest BCUT2D eigenvalue weighted by atomic mass is 16.5. The molecule has 0 saturated carbocycles. The lowest BCUT2D eigenvalue weighted by molar-refractivity contribution is -0.147. The van der Waals surface area contributed by atoms with Gasteiger partial charge in [-0.05, 0) is 0 Å². The number of methoxy groups -OCH3 is 1. The number of carbonyl (C=O) groups excluding carboxylic acids is 2. The number of aromatic amines is 1. The highest BCUT2D eigenvalue weighted by Gasteiger charge is 2.23. The topological polar surface area (TPSA) is 133 Å². The van der Waals surface area contributed by atoms with Gasteiger partial charge in [0.25, 0.3) is 0 Å². The van der Waals surface area contributed by atoms with Crippen molar-refractivity contribution in [2.75, 3.05) is 7.11 Å². The summed E-state index contributed by atoms with van der Waals surface area (Å²) >= 11 is 0. The minimum atomic E-state index is -1.34. The van der Waals surface area contributed by atoms with Crippen molar-refractivity contribution in [2.24, 2.45) is 0 Å². The molecule has 104 valence electrons. The zero-order valence-electron chi connectivity index (χ0n) is 10.2. The number of hydrogen-bond donors (Lipinski definition) is 4. The maximum atomic E-state index is 11.5. The second kappa shape index (κ2) is 6.99. The van der Waals surface area contributed by atoms with Crippen molar-refractivity contribution in [3.8, 4) is 0 Å². The molecule has 2 amide bonds. The number of aromatic nitrogens is 2. The lowest BCUT2D eigenvalue weighted by Gasteiger charge is -2.13. The van der Waals surface area contributed by atoms with Crippen LogP contribution in [0.5, 0.6) is 0 Å². The minimum Gasteiger partial charge on any atom is -0.480 e. The van der Waals surface area contributed by atoms with E-state index < -0.39 is 30.4 Å². The van der Waals surface area contributed by atoms with E-state index in [9.17, 15) is 14.4 Å². The van der Waals surface area contributed by atoms with E-state index in [1.165, 1.54) is 6.20 Å². The Morgan fingerprint density at radius 2 is 2.26 bits per heavy atom. The Hall–Kier alpha value is -2.58. The average Bonchev–Trinajstić information content (AvgIpc) is 2.88. The molecule has 19 heavy (non-hydrogen) atoms. The van der Waals surface area contributed by atoms with Crippen molar-refractivity contribution in [2.45, 2.75) is 19.0 Å².